The van der Waals surface area contributed by atoms with Crippen LogP contribution in [0.2, 0.25) is 15.1 Å². The predicted octanol–water partition coefficient (Wildman–Crippen LogP) is 7.87. The van der Waals surface area contributed by atoms with E-state index < -0.39 is 0 Å². The molecule has 1 heterocycles. The molecular weight excluding hydrogens is 415 g/mol. The molecule has 0 N–H and O–H groups in total. The van der Waals surface area contributed by atoms with Crippen LogP contribution in [0.25, 0.3) is 28.6 Å². The monoisotopic (exact) mass is 426 g/mol. The minimum Gasteiger partial charge on any atom is -0.436 e. The molecule has 0 atom stereocenters. The van der Waals surface area contributed by atoms with E-state index in [9.17, 15) is 0 Å². The van der Waals surface area contributed by atoms with Gasteiger partial charge < -0.3 is 4.42 Å². The number of hydrogen-bond donors (Lipinski definition) is 0. The third kappa shape index (κ3) is 4.28. The number of oxazole rings is 1. The average Bonchev–Trinajstić information content (AvgIpc) is 3.09. The molecule has 0 bridgehead atoms. The lowest BCUT2D eigenvalue weighted by atomic mass is 10.2. The van der Waals surface area contributed by atoms with Gasteiger partial charge in [-0.05, 0) is 60.2 Å². The van der Waals surface area contributed by atoms with E-state index >= 15 is 0 Å². The first kappa shape index (κ1) is 18.8. The second-order valence-corrected chi connectivity index (χ2v) is 7.26. The van der Waals surface area contributed by atoms with Crippen LogP contribution >= 0.6 is 34.8 Å². The van der Waals surface area contributed by atoms with Gasteiger partial charge in [0.05, 0.1) is 16.3 Å². The molecule has 0 spiro atoms. The van der Waals surface area contributed by atoms with Gasteiger partial charge in [-0.3, -0.25) is 4.99 Å². The molecule has 0 fully saturated rings. The number of nitrogens with zero attached hydrogens (tertiary/aromatic N) is 2. The standard InChI is InChI=1S/C22H13Cl3N2O/c23-15-5-3-14(4-6-15)2-1-11-26-17-8-10-21-20(13-17)27-22(28-21)18-9-7-16(24)12-19(18)25/h1-13H. The third-order valence-electron chi connectivity index (χ3n) is 4.00. The van der Waals surface area contributed by atoms with Crippen LogP contribution in [0.4, 0.5) is 5.69 Å². The smallest absolute Gasteiger partial charge is 0.228 e. The first-order valence-electron chi connectivity index (χ1n) is 8.41. The molecule has 6 heteroatoms. The van der Waals surface area contributed by atoms with Gasteiger partial charge in [-0.25, -0.2) is 4.98 Å². The zero-order valence-corrected chi connectivity index (χ0v) is 16.7. The molecule has 0 saturated heterocycles. The molecule has 3 aromatic carbocycles. The number of aliphatic imine (C=N–C) groups is 1. The highest BCUT2D eigenvalue weighted by Gasteiger charge is 2.12. The Balaban J connectivity index is 1.55. The molecule has 4 rings (SSSR count). The summed E-state index contributed by atoms with van der Waals surface area (Å²) in [4.78, 5) is 8.96. The largest absolute Gasteiger partial charge is 0.436 e. The molecule has 0 aliphatic carbocycles. The molecule has 3 nitrogen and oxygen atoms in total. The fourth-order valence-corrected chi connectivity index (χ4v) is 3.25. The van der Waals surface area contributed by atoms with Gasteiger partial charge in [0.25, 0.3) is 0 Å². The lowest BCUT2D eigenvalue weighted by Crippen LogP contribution is -1.79. The lowest BCUT2D eigenvalue weighted by molar-refractivity contribution is 0.620. The number of benzene rings is 3. The maximum Gasteiger partial charge on any atom is 0.228 e. The Kier molecular flexibility index (Phi) is 5.49. The van der Waals surface area contributed by atoms with E-state index in [1.165, 1.54) is 0 Å². The molecule has 28 heavy (non-hydrogen) atoms. The summed E-state index contributed by atoms with van der Waals surface area (Å²) in [6.07, 6.45) is 5.55. The van der Waals surface area contributed by atoms with Gasteiger partial charge in [0.15, 0.2) is 5.58 Å². The topological polar surface area (TPSA) is 38.4 Å². The molecule has 138 valence electrons. The van der Waals surface area contributed by atoms with E-state index in [0.717, 1.165) is 11.3 Å². The number of rotatable bonds is 4. The van der Waals surface area contributed by atoms with Crippen molar-refractivity contribution >= 4 is 63.9 Å². The molecule has 0 aliphatic rings. The van der Waals surface area contributed by atoms with Gasteiger partial charge in [-0.15, -0.1) is 0 Å². The van der Waals surface area contributed by atoms with Crippen LogP contribution in [-0.4, -0.2) is 11.2 Å². The van der Waals surface area contributed by atoms with Crippen molar-refractivity contribution < 1.29 is 4.42 Å². The summed E-state index contributed by atoms with van der Waals surface area (Å²) in [5, 5.41) is 1.77. The summed E-state index contributed by atoms with van der Waals surface area (Å²) in [7, 11) is 0. The Labute approximate surface area is 176 Å². The van der Waals surface area contributed by atoms with Crippen molar-refractivity contribution in [3.8, 4) is 11.5 Å². The average molecular weight is 428 g/mol. The van der Waals surface area contributed by atoms with E-state index in [1.807, 2.05) is 54.6 Å². The molecule has 0 saturated carbocycles. The van der Waals surface area contributed by atoms with Crippen molar-refractivity contribution in [3.05, 3.63) is 87.4 Å². The number of aromatic nitrogens is 1. The van der Waals surface area contributed by atoms with E-state index in [-0.39, 0.29) is 0 Å². The highest BCUT2D eigenvalue weighted by Crippen LogP contribution is 2.32. The Morgan fingerprint density at radius 2 is 1.64 bits per heavy atom. The molecule has 0 unspecified atom stereocenters. The van der Waals surface area contributed by atoms with Crippen LogP contribution in [-0.2, 0) is 0 Å². The van der Waals surface area contributed by atoms with Gasteiger partial charge in [0.1, 0.15) is 5.52 Å². The Morgan fingerprint density at radius 3 is 2.43 bits per heavy atom. The van der Waals surface area contributed by atoms with Crippen LogP contribution in [0, 0.1) is 0 Å². The Bertz CT molecular complexity index is 1190. The quantitative estimate of drug-likeness (QED) is 0.311. The molecule has 0 radical (unpaired) electrons. The maximum atomic E-state index is 6.24. The minimum atomic E-state index is 0.445. The first-order chi connectivity index (χ1) is 13.6. The maximum absolute atomic E-state index is 6.24. The SMILES string of the molecule is Clc1ccc(C=CC=Nc2ccc3oc(-c4ccc(Cl)cc4Cl)nc3c2)cc1. The van der Waals surface area contributed by atoms with E-state index in [4.69, 9.17) is 39.2 Å². The van der Waals surface area contributed by atoms with E-state index in [1.54, 1.807) is 24.4 Å². The summed E-state index contributed by atoms with van der Waals surface area (Å²) in [5.41, 5.74) is 3.88. The summed E-state index contributed by atoms with van der Waals surface area (Å²) >= 11 is 18.1. The van der Waals surface area contributed by atoms with Crippen LogP contribution in [0.5, 0.6) is 0 Å². The summed E-state index contributed by atoms with van der Waals surface area (Å²) in [6.45, 7) is 0. The number of hydrogen-bond acceptors (Lipinski definition) is 3. The number of allylic oxidation sites excluding steroid dienone is 1. The molecule has 1 aromatic heterocycles. The molecular formula is C22H13Cl3N2O. The third-order valence-corrected chi connectivity index (χ3v) is 4.80. The molecule has 4 aromatic rings. The zero-order chi connectivity index (χ0) is 19.5. The van der Waals surface area contributed by atoms with Gasteiger partial charge in [-0.2, -0.15) is 0 Å². The van der Waals surface area contributed by atoms with Crippen molar-refractivity contribution in [2.45, 2.75) is 0 Å². The fraction of sp³-hybridized carbons (Fsp3) is 0. The normalized spacial score (nSPS) is 11.8. The first-order valence-corrected chi connectivity index (χ1v) is 9.54. The molecule has 0 amide bonds. The highest BCUT2D eigenvalue weighted by molar-refractivity contribution is 6.36. The van der Waals surface area contributed by atoms with Crippen LogP contribution in [0.3, 0.4) is 0 Å². The second kappa shape index (κ2) is 8.19. The fourth-order valence-electron chi connectivity index (χ4n) is 2.63. The second-order valence-electron chi connectivity index (χ2n) is 5.98. The van der Waals surface area contributed by atoms with Gasteiger partial charge >= 0.3 is 0 Å². The summed E-state index contributed by atoms with van der Waals surface area (Å²) < 4.78 is 5.81. The summed E-state index contributed by atoms with van der Waals surface area (Å²) in [6, 6.07) is 18.3. The Hall–Kier alpha value is -2.59. The van der Waals surface area contributed by atoms with Crippen molar-refractivity contribution in [2.75, 3.05) is 0 Å². The van der Waals surface area contributed by atoms with E-state index in [0.29, 0.717) is 37.6 Å². The zero-order valence-electron chi connectivity index (χ0n) is 14.4. The number of halogens is 3. The lowest BCUT2D eigenvalue weighted by Gasteiger charge is -1.98. The minimum absolute atomic E-state index is 0.445. The van der Waals surface area contributed by atoms with Crippen LogP contribution in [0.15, 0.2) is 76.1 Å². The predicted molar refractivity (Wildman–Crippen MR) is 118 cm³/mol. The van der Waals surface area contributed by atoms with Gasteiger partial charge in [0.2, 0.25) is 5.89 Å². The van der Waals surface area contributed by atoms with E-state index in [2.05, 4.69) is 9.98 Å². The van der Waals surface area contributed by atoms with Gasteiger partial charge in [-0.1, -0.05) is 53.0 Å². The van der Waals surface area contributed by atoms with Crippen molar-refractivity contribution in [2.24, 2.45) is 4.99 Å². The van der Waals surface area contributed by atoms with Crippen molar-refractivity contribution in [1.82, 2.24) is 4.98 Å². The van der Waals surface area contributed by atoms with Crippen molar-refractivity contribution in [1.29, 1.82) is 0 Å². The van der Waals surface area contributed by atoms with Crippen LogP contribution < -0.4 is 0 Å². The molecule has 0 aliphatic heterocycles. The van der Waals surface area contributed by atoms with Crippen LogP contribution in [0.1, 0.15) is 5.56 Å². The number of fused-ring (bicyclic) bond motifs is 1. The Morgan fingerprint density at radius 1 is 0.857 bits per heavy atom. The van der Waals surface area contributed by atoms with Gasteiger partial charge in [0, 0.05) is 16.3 Å². The van der Waals surface area contributed by atoms with Crippen molar-refractivity contribution in [3.63, 3.8) is 0 Å². The highest BCUT2D eigenvalue weighted by atomic mass is 35.5. The summed E-state index contributed by atoms with van der Waals surface area (Å²) in [5.74, 6) is 0.445.